The molecule has 1 aliphatic heterocycles. The van der Waals surface area contributed by atoms with Crippen molar-refractivity contribution in [1.29, 1.82) is 0 Å². The Hall–Kier alpha value is -3.82. The van der Waals surface area contributed by atoms with E-state index >= 15 is 0 Å². The van der Waals surface area contributed by atoms with Crippen LogP contribution in [-0.4, -0.2) is 30.5 Å². The number of hydrogen-bond acceptors (Lipinski definition) is 7. The van der Waals surface area contributed by atoms with Gasteiger partial charge in [-0.15, -0.1) is 0 Å². The molecule has 0 radical (unpaired) electrons. The second-order valence-corrected chi connectivity index (χ2v) is 5.88. The van der Waals surface area contributed by atoms with Crippen LogP contribution in [0.25, 0.3) is 6.08 Å². The quantitative estimate of drug-likeness (QED) is 0.314. The van der Waals surface area contributed by atoms with Crippen molar-refractivity contribution in [3.05, 3.63) is 68.9 Å². The summed E-state index contributed by atoms with van der Waals surface area (Å²) >= 11 is 0. The average Bonchev–Trinajstić information content (AvgIpc) is 3.03. The zero-order chi connectivity index (χ0) is 21.1. The van der Waals surface area contributed by atoms with Gasteiger partial charge in [-0.2, -0.15) is 8.78 Å². The summed E-state index contributed by atoms with van der Waals surface area (Å²) in [5.41, 5.74) is 1.03. The van der Waals surface area contributed by atoms with Crippen LogP contribution >= 0.6 is 0 Å². The summed E-state index contributed by atoms with van der Waals surface area (Å²) in [6.45, 7) is -1.42. The maximum atomic E-state index is 12.4. The van der Waals surface area contributed by atoms with Crippen LogP contribution in [0.3, 0.4) is 0 Å². The second-order valence-electron chi connectivity index (χ2n) is 5.88. The van der Waals surface area contributed by atoms with Gasteiger partial charge in [0.1, 0.15) is 0 Å². The molecule has 0 aliphatic carbocycles. The summed E-state index contributed by atoms with van der Waals surface area (Å²) in [6, 6.07) is 8.44. The van der Waals surface area contributed by atoms with Gasteiger partial charge < -0.3 is 14.2 Å². The first-order valence-electron chi connectivity index (χ1n) is 8.19. The van der Waals surface area contributed by atoms with Gasteiger partial charge in [0.2, 0.25) is 5.90 Å². The van der Waals surface area contributed by atoms with Crippen LogP contribution in [0.15, 0.2) is 47.1 Å². The Labute approximate surface area is 163 Å². The maximum Gasteiger partial charge on any atom is 0.387 e. The summed E-state index contributed by atoms with van der Waals surface area (Å²) in [5, 5.41) is 11.1. The average molecular weight is 404 g/mol. The number of aliphatic imine (C=N–C) groups is 1. The van der Waals surface area contributed by atoms with Crippen molar-refractivity contribution in [3.63, 3.8) is 0 Å². The van der Waals surface area contributed by atoms with E-state index in [0.29, 0.717) is 16.7 Å². The van der Waals surface area contributed by atoms with Gasteiger partial charge in [-0.05, 0) is 36.8 Å². The Bertz CT molecular complexity index is 1050. The molecule has 2 aromatic carbocycles. The van der Waals surface area contributed by atoms with Crippen molar-refractivity contribution in [2.45, 2.75) is 13.5 Å². The number of benzene rings is 2. The standard InChI is InChI=1S/C19H14F2N2O6/c1-10-3-4-11(8-14(10)23(25)26)7-13-18(24)29-17(22-13)12-5-6-15(28-19(20)21)16(9-12)27-2/h3-9,19H,1-2H3/b13-7-. The lowest BCUT2D eigenvalue weighted by Crippen LogP contribution is -2.07. The minimum atomic E-state index is -3.02. The zero-order valence-electron chi connectivity index (χ0n) is 15.2. The number of methoxy groups -OCH3 is 1. The second kappa shape index (κ2) is 8.05. The van der Waals surface area contributed by atoms with Gasteiger partial charge in [-0.25, -0.2) is 9.79 Å². The SMILES string of the molecule is COc1cc(C2=N/C(=C\c3ccc(C)c([N+](=O)[O-])c3)C(=O)O2)ccc1OC(F)F. The summed E-state index contributed by atoms with van der Waals surface area (Å²) in [7, 11) is 1.27. The van der Waals surface area contributed by atoms with Crippen LogP contribution in [0.1, 0.15) is 16.7 Å². The van der Waals surface area contributed by atoms with Crippen molar-refractivity contribution >= 4 is 23.6 Å². The molecule has 0 fully saturated rings. The van der Waals surface area contributed by atoms with E-state index in [2.05, 4.69) is 9.73 Å². The highest BCUT2D eigenvalue weighted by Crippen LogP contribution is 2.31. The number of aryl methyl sites for hydroxylation is 1. The van der Waals surface area contributed by atoms with E-state index in [4.69, 9.17) is 9.47 Å². The molecular formula is C19H14F2N2O6. The Kier molecular flexibility index (Phi) is 5.53. The van der Waals surface area contributed by atoms with Gasteiger partial charge in [0.25, 0.3) is 5.69 Å². The molecule has 0 spiro atoms. The number of nitrogens with zero attached hydrogens (tertiary/aromatic N) is 2. The molecule has 10 heteroatoms. The van der Waals surface area contributed by atoms with Crippen molar-refractivity contribution in [2.24, 2.45) is 4.99 Å². The number of hydrogen-bond donors (Lipinski definition) is 0. The molecule has 1 heterocycles. The zero-order valence-corrected chi connectivity index (χ0v) is 15.2. The number of rotatable bonds is 6. The van der Waals surface area contributed by atoms with Gasteiger partial charge in [0, 0.05) is 17.2 Å². The largest absolute Gasteiger partial charge is 0.493 e. The van der Waals surface area contributed by atoms with Crippen LogP contribution in [0, 0.1) is 17.0 Å². The third-order valence-corrected chi connectivity index (χ3v) is 3.98. The maximum absolute atomic E-state index is 12.4. The number of cyclic esters (lactones) is 1. The molecule has 0 aromatic heterocycles. The first-order chi connectivity index (χ1) is 13.8. The van der Waals surface area contributed by atoms with E-state index in [-0.39, 0.29) is 28.8 Å². The van der Waals surface area contributed by atoms with Crippen molar-refractivity contribution in [3.8, 4) is 11.5 Å². The molecule has 3 rings (SSSR count). The highest BCUT2D eigenvalue weighted by Gasteiger charge is 2.25. The fraction of sp³-hybridized carbons (Fsp3) is 0.158. The van der Waals surface area contributed by atoms with Gasteiger partial charge in [-0.3, -0.25) is 10.1 Å². The first kappa shape index (κ1) is 19.9. The third-order valence-electron chi connectivity index (χ3n) is 3.98. The smallest absolute Gasteiger partial charge is 0.387 e. The summed E-state index contributed by atoms with van der Waals surface area (Å²) < 4.78 is 39.3. The highest BCUT2D eigenvalue weighted by atomic mass is 19.3. The number of alkyl halides is 2. The van der Waals surface area contributed by atoms with Crippen LogP contribution in [-0.2, 0) is 9.53 Å². The van der Waals surface area contributed by atoms with E-state index in [1.54, 1.807) is 19.1 Å². The van der Waals surface area contributed by atoms with Gasteiger partial charge in [-0.1, -0.05) is 12.1 Å². The van der Waals surface area contributed by atoms with Crippen LogP contribution < -0.4 is 9.47 Å². The number of ether oxygens (including phenoxy) is 3. The monoisotopic (exact) mass is 404 g/mol. The molecule has 0 amide bonds. The van der Waals surface area contributed by atoms with E-state index in [1.807, 2.05) is 0 Å². The molecule has 1 aliphatic rings. The number of esters is 1. The fourth-order valence-electron chi connectivity index (χ4n) is 2.60. The topological polar surface area (TPSA) is 100 Å². The fourth-order valence-corrected chi connectivity index (χ4v) is 2.60. The summed E-state index contributed by atoms with van der Waals surface area (Å²) in [5.74, 6) is -0.994. The van der Waals surface area contributed by atoms with Crippen LogP contribution in [0.5, 0.6) is 11.5 Å². The minimum absolute atomic E-state index is 0.00754. The number of carbonyl (C=O) groups is 1. The first-order valence-corrected chi connectivity index (χ1v) is 8.19. The molecule has 29 heavy (non-hydrogen) atoms. The molecule has 0 bridgehead atoms. The minimum Gasteiger partial charge on any atom is -0.493 e. The molecular weight excluding hydrogens is 390 g/mol. The number of carbonyl (C=O) groups excluding carboxylic acids is 1. The highest BCUT2D eigenvalue weighted by molar-refractivity contribution is 6.13. The van der Waals surface area contributed by atoms with E-state index in [9.17, 15) is 23.7 Å². The predicted octanol–water partition coefficient (Wildman–Crippen LogP) is 3.86. The van der Waals surface area contributed by atoms with Crippen molar-refractivity contribution in [2.75, 3.05) is 7.11 Å². The third kappa shape index (κ3) is 4.37. The molecule has 0 saturated heterocycles. The number of nitro benzene ring substituents is 1. The molecule has 0 atom stereocenters. The lowest BCUT2D eigenvalue weighted by Gasteiger charge is -2.10. The van der Waals surface area contributed by atoms with E-state index in [0.717, 1.165) is 0 Å². The van der Waals surface area contributed by atoms with Crippen molar-refractivity contribution < 1.29 is 32.7 Å². The molecule has 0 saturated carbocycles. The molecule has 2 aromatic rings. The van der Waals surface area contributed by atoms with Gasteiger partial charge in [0.05, 0.1) is 12.0 Å². The van der Waals surface area contributed by atoms with Crippen molar-refractivity contribution in [1.82, 2.24) is 0 Å². The van der Waals surface area contributed by atoms with Gasteiger partial charge in [0.15, 0.2) is 17.2 Å². The number of nitro groups is 1. The lowest BCUT2D eigenvalue weighted by atomic mass is 10.1. The Balaban J connectivity index is 1.93. The molecule has 8 nitrogen and oxygen atoms in total. The molecule has 150 valence electrons. The number of halogens is 2. The summed E-state index contributed by atoms with van der Waals surface area (Å²) in [4.78, 5) is 26.8. The molecule has 0 unspecified atom stereocenters. The Morgan fingerprint density at radius 2 is 1.97 bits per heavy atom. The Morgan fingerprint density at radius 1 is 1.21 bits per heavy atom. The van der Waals surface area contributed by atoms with Crippen LogP contribution in [0.4, 0.5) is 14.5 Å². The van der Waals surface area contributed by atoms with Crippen LogP contribution in [0.2, 0.25) is 0 Å². The summed E-state index contributed by atoms with van der Waals surface area (Å²) in [6.07, 6.45) is 1.35. The van der Waals surface area contributed by atoms with E-state index in [1.165, 1.54) is 37.5 Å². The lowest BCUT2D eigenvalue weighted by molar-refractivity contribution is -0.385. The predicted molar refractivity (Wildman–Crippen MR) is 98.1 cm³/mol. The molecule has 0 N–H and O–H groups in total. The normalized spacial score (nSPS) is 14.7. The van der Waals surface area contributed by atoms with Gasteiger partial charge >= 0.3 is 12.6 Å². The van der Waals surface area contributed by atoms with E-state index < -0.39 is 17.5 Å². The Morgan fingerprint density at radius 3 is 2.62 bits per heavy atom.